The van der Waals surface area contributed by atoms with Gasteiger partial charge >= 0.3 is 12.0 Å². The zero-order valence-corrected chi connectivity index (χ0v) is 9.38. The highest BCUT2D eigenvalue weighted by Gasteiger charge is 2.21. The SMILES string of the molecule is NC(=O)NC(Cc1ccc2c(c1)OCO2)C(=O)O. The first-order valence-corrected chi connectivity index (χ1v) is 5.23. The second-order valence-electron chi connectivity index (χ2n) is 3.79. The average Bonchev–Trinajstić information content (AvgIpc) is 2.74. The van der Waals surface area contributed by atoms with Gasteiger partial charge in [-0.2, -0.15) is 0 Å². The van der Waals surface area contributed by atoms with E-state index in [0.29, 0.717) is 17.1 Å². The van der Waals surface area contributed by atoms with Gasteiger partial charge in [0.2, 0.25) is 6.79 Å². The van der Waals surface area contributed by atoms with Crippen molar-refractivity contribution in [2.45, 2.75) is 12.5 Å². The summed E-state index contributed by atoms with van der Waals surface area (Å²) >= 11 is 0. The van der Waals surface area contributed by atoms with Gasteiger partial charge in [-0.15, -0.1) is 0 Å². The first kappa shape index (κ1) is 12.0. The number of ether oxygens (including phenoxy) is 2. The van der Waals surface area contributed by atoms with Gasteiger partial charge in [-0.1, -0.05) is 6.07 Å². The number of primary amides is 1. The Bertz CT molecular complexity index is 488. The highest BCUT2D eigenvalue weighted by atomic mass is 16.7. The fraction of sp³-hybridized carbons (Fsp3) is 0.273. The molecule has 0 aromatic heterocycles. The minimum absolute atomic E-state index is 0.120. The van der Waals surface area contributed by atoms with Gasteiger partial charge in [0.25, 0.3) is 0 Å². The Morgan fingerprint density at radius 3 is 2.78 bits per heavy atom. The van der Waals surface area contributed by atoms with Crippen LogP contribution in [0, 0.1) is 0 Å². The first-order chi connectivity index (χ1) is 8.56. The number of amides is 2. The van der Waals surface area contributed by atoms with Crippen LogP contribution in [0.3, 0.4) is 0 Å². The van der Waals surface area contributed by atoms with E-state index < -0.39 is 18.0 Å². The van der Waals surface area contributed by atoms with Crippen molar-refractivity contribution < 1.29 is 24.2 Å². The standard InChI is InChI=1S/C11H12N2O5/c12-11(16)13-7(10(14)15)3-6-1-2-8-9(4-6)18-5-17-8/h1-2,4,7H,3,5H2,(H,14,15)(H3,12,13,16). The van der Waals surface area contributed by atoms with Gasteiger partial charge in [0.05, 0.1) is 0 Å². The van der Waals surface area contributed by atoms with Crippen LogP contribution in [0.2, 0.25) is 0 Å². The Hall–Kier alpha value is -2.44. The van der Waals surface area contributed by atoms with Gasteiger partial charge in [0.15, 0.2) is 11.5 Å². The van der Waals surface area contributed by atoms with Crippen LogP contribution in [-0.2, 0) is 11.2 Å². The number of urea groups is 1. The minimum atomic E-state index is -1.15. The smallest absolute Gasteiger partial charge is 0.326 e. The summed E-state index contributed by atoms with van der Waals surface area (Å²) in [5.41, 5.74) is 5.63. The molecular formula is C11H12N2O5. The summed E-state index contributed by atoms with van der Waals surface area (Å²) in [5.74, 6) is 0.0377. The number of carboxylic acid groups (broad SMARTS) is 1. The van der Waals surface area contributed by atoms with Crippen molar-refractivity contribution in [1.29, 1.82) is 0 Å². The molecule has 7 nitrogen and oxygen atoms in total. The highest BCUT2D eigenvalue weighted by Crippen LogP contribution is 2.32. The maximum Gasteiger partial charge on any atom is 0.326 e. The molecule has 1 aliphatic rings. The number of hydrogen-bond acceptors (Lipinski definition) is 4. The third-order valence-corrected chi connectivity index (χ3v) is 2.49. The monoisotopic (exact) mass is 252 g/mol. The van der Waals surface area contributed by atoms with E-state index in [2.05, 4.69) is 5.32 Å². The highest BCUT2D eigenvalue weighted by molar-refractivity contribution is 5.81. The Kier molecular flexibility index (Phi) is 3.22. The zero-order chi connectivity index (χ0) is 13.1. The van der Waals surface area contributed by atoms with E-state index in [1.54, 1.807) is 18.2 Å². The number of benzene rings is 1. The van der Waals surface area contributed by atoms with E-state index in [-0.39, 0.29) is 13.2 Å². The predicted octanol–water partition coefficient (Wildman–Crippen LogP) is 0.0793. The lowest BCUT2D eigenvalue weighted by Crippen LogP contribution is -2.44. The van der Waals surface area contributed by atoms with Crippen LogP contribution in [0.1, 0.15) is 5.56 Å². The van der Waals surface area contributed by atoms with E-state index in [4.69, 9.17) is 20.3 Å². The molecule has 1 aromatic carbocycles. The van der Waals surface area contributed by atoms with Crippen LogP contribution in [0.25, 0.3) is 0 Å². The molecule has 1 heterocycles. The molecule has 0 saturated carbocycles. The van der Waals surface area contributed by atoms with Crippen LogP contribution in [-0.4, -0.2) is 29.9 Å². The van der Waals surface area contributed by atoms with Gasteiger partial charge in [-0.3, -0.25) is 0 Å². The number of carboxylic acids is 1. The molecule has 1 aromatic rings. The Morgan fingerprint density at radius 2 is 2.11 bits per heavy atom. The average molecular weight is 252 g/mol. The van der Waals surface area contributed by atoms with Crippen molar-refractivity contribution in [3.8, 4) is 11.5 Å². The lowest BCUT2D eigenvalue weighted by molar-refractivity contribution is -0.139. The summed E-state index contributed by atoms with van der Waals surface area (Å²) in [6, 6.07) is 3.15. The van der Waals surface area contributed by atoms with Crippen molar-refractivity contribution >= 4 is 12.0 Å². The lowest BCUT2D eigenvalue weighted by Gasteiger charge is -2.13. The van der Waals surface area contributed by atoms with E-state index in [1.165, 1.54) is 0 Å². The van der Waals surface area contributed by atoms with Gasteiger partial charge in [0.1, 0.15) is 6.04 Å². The number of fused-ring (bicyclic) bond motifs is 1. The van der Waals surface area contributed by atoms with Crippen LogP contribution in [0.15, 0.2) is 18.2 Å². The summed E-state index contributed by atoms with van der Waals surface area (Å²) in [5, 5.41) is 11.1. The fourth-order valence-electron chi connectivity index (χ4n) is 1.68. The zero-order valence-electron chi connectivity index (χ0n) is 9.38. The Labute approximate surface area is 102 Å². The summed E-state index contributed by atoms with van der Waals surface area (Å²) in [7, 11) is 0. The molecule has 1 aliphatic heterocycles. The van der Waals surface area contributed by atoms with Gasteiger partial charge in [-0.25, -0.2) is 9.59 Å². The molecule has 0 bridgehead atoms. The topological polar surface area (TPSA) is 111 Å². The van der Waals surface area contributed by atoms with Crippen LogP contribution < -0.4 is 20.5 Å². The molecule has 0 spiro atoms. The number of carbonyl (C=O) groups is 2. The normalized spacial score (nSPS) is 14.0. The van der Waals surface area contributed by atoms with Gasteiger partial charge in [-0.05, 0) is 17.7 Å². The summed E-state index contributed by atoms with van der Waals surface area (Å²) in [6.07, 6.45) is 0.120. The molecule has 0 radical (unpaired) electrons. The van der Waals surface area contributed by atoms with Crippen molar-refractivity contribution in [2.24, 2.45) is 5.73 Å². The molecule has 1 unspecified atom stereocenters. The molecule has 1 atom stereocenters. The predicted molar refractivity (Wildman–Crippen MR) is 60.4 cm³/mol. The van der Waals surface area contributed by atoms with E-state index in [1.807, 2.05) is 0 Å². The number of carbonyl (C=O) groups excluding carboxylic acids is 1. The summed E-state index contributed by atoms with van der Waals surface area (Å²) in [4.78, 5) is 21.6. The number of rotatable bonds is 4. The minimum Gasteiger partial charge on any atom is -0.480 e. The van der Waals surface area contributed by atoms with Crippen LogP contribution in [0.5, 0.6) is 11.5 Å². The van der Waals surface area contributed by atoms with E-state index in [9.17, 15) is 9.59 Å². The van der Waals surface area contributed by atoms with Gasteiger partial charge < -0.3 is 25.6 Å². The molecule has 4 N–H and O–H groups in total. The van der Waals surface area contributed by atoms with Crippen molar-refractivity contribution in [3.63, 3.8) is 0 Å². The molecular weight excluding hydrogens is 240 g/mol. The first-order valence-electron chi connectivity index (χ1n) is 5.23. The largest absolute Gasteiger partial charge is 0.480 e. The molecule has 7 heteroatoms. The molecule has 0 saturated heterocycles. The third kappa shape index (κ3) is 2.62. The molecule has 96 valence electrons. The van der Waals surface area contributed by atoms with Crippen molar-refractivity contribution in [3.05, 3.63) is 23.8 Å². The second kappa shape index (κ2) is 4.82. The maximum absolute atomic E-state index is 10.9. The molecule has 2 amide bonds. The van der Waals surface area contributed by atoms with Gasteiger partial charge in [0, 0.05) is 6.42 Å². The number of nitrogens with one attached hydrogen (secondary N) is 1. The summed E-state index contributed by atoms with van der Waals surface area (Å²) in [6.45, 7) is 0.153. The van der Waals surface area contributed by atoms with Crippen LogP contribution >= 0.6 is 0 Å². The molecule has 2 rings (SSSR count). The Morgan fingerprint density at radius 1 is 1.39 bits per heavy atom. The molecule has 18 heavy (non-hydrogen) atoms. The molecule has 0 aliphatic carbocycles. The van der Waals surface area contributed by atoms with Crippen molar-refractivity contribution in [2.75, 3.05) is 6.79 Å². The van der Waals surface area contributed by atoms with Crippen LogP contribution in [0.4, 0.5) is 4.79 Å². The third-order valence-electron chi connectivity index (χ3n) is 2.49. The number of aliphatic carboxylic acids is 1. The number of nitrogens with two attached hydrogens (primary N) is 1. The van der Waals surface area contributed by atoms with E-state index in [0.717, 1.165) is 0 Å². The summed E-state index contributed by atoms with van der Waals surface area (Å²) < 4.78 is 10.3. The quantitative estimate of drug-likeness (QED) is 0.702. The second-order valence-corrected chi connectivity index (χ2v) is 3.79. The lowest BCUT2D eigenvalue weighted by atomic mass is 10.1. The van der Waals surface area contributed by atoms with Crippen molar-refractivity contribution in [1.82, 2.24) is 5.32 Å². The maximum atomic E-state index is 10.9. The Balaban J connectivity index is 2.11. The number of hydrogen-bond donors (Lipinski definition) is 3. The van der Waals surface area contributed by atoms with E-state index >= 15 is 0 Å². The molecule has 0 fully saturated rings. The fourth-order valence-corrected chi connectivity index (χ4v) is 1.68.